The lowest BCUT2D eigenvalue weighted by atomic mass is 10.2. The van der Waals surface area contributed by atoms with E-state index >= 15 is 0 Å². The number of nitrogens with zero attached hydrogens (tertiary/aromatic N) is 1. The quantitative estimate of drug-likeness (QED) is 0.940. The molecule has 0 atom stereocenters. The van der Waals surface area contributed by atoms with Gasteiger partial charge in [0.2, 0.25) is 0 Å². The van der Waals surface area contributed by atoms with Crippen molar-refractivity contribution < 1.29 is 12.8 Å². The van der Waals surface area contributed by atoms with E-state index in [1.807, 2.05) is 6.07 Å². The number of hydrogen-bond donors (Lipinski definition) is 1. The third kappa shape index (κ3) is 3.32. The molecule has 0 aromatic heterocycles. The Balaban J connectivity index is 2.44. The summed E-state index contributed by atoms with van der Waals surface area (Å²) in [7, 11) is -3.97. The standard InChI is InChI=1S/C14H10ClFN2O2S/c1-9-2-4-11(16)7-13(9)18-21(19,20)14-5-3-10(8-17)6-12(14)15/h2-7,18H,1H3. The van der Waals surface area contributed by atoms with Crippen molar-refractivity contribution in [1.29, 1.82) is 5.26 Å². The third-order valence-corrected chi connectivity index (χ3v) is 4.64. The summed E-state index contributed by atoms with van der Waals surface area (Å²) in [6.45, 7) is 1.65. The number of benzene rings is 2. The van der Waals surface area contributed by atoms with Crippen LogP contribution < -0.4 is 4.72 Å². The molecule has 0 spiro atoms. The van der Waals surface area contributed by atoms with E-state index in [0.29, 0.717) is 5.56 Å². The van der Waals surface area contributed by atoms with E-state index in [1.54, 1.807) is 6.92 Å². The van der Waals surface area contributed by atoms with Crippen molar-refractivity contribution in [3.8, 4) is 6.07 Å². The average molecular weight is 325 g/mol. The second kappa shape index (κ2) is 5.72. The van der Waals surface area contributed by atoms with Gasteiger partial charge in [-0.1, -0.05) is 17.7 Å². The summed E-state index contributed by atoms with van der Waals surface area (Å²) in [5.74, 6) is -0.552. The van der Waals surface area contributed by atoms with Crippen LogP contribution in [-0.2, 0) is 10.0 Å². The van der Waals surface area contributed by atoms with E-state index in [2.05, 4.69) is 4.72 Å². The van der Waals surface area contributed by atoms with E-state index < -0.39 is 15.8 Å². The highest BCUT2D eigenvalue weighted by Gasteiger charge is 2.19. The number of halogens is 2. The first kappa shape index (κ1) is 15.3. The zero-order chi connectivity index (χ0) is 15.6. The van der Waals surface area contributed by atoms with Gasteiger partial charge in [-0.05, 0) is 42.8 Å². The first-order valence-corrected chi connectivity index (χ1v) is 7.68. The molecule has 0 heterocycles. The Morgan fingerprint density at radius 2 is 1.95 bits per heavy atom. The van der Waals surface area contributed by atoms with Crippen LogP contribution in [-0.4, -0.2) is 8.42 Å². The number of anilines is 1. The Labute approximate surface area is 126 Å². The number of nitriles is 1. The van der Waals surface area contributed by atoms with Crippen LogP contribution in [0.3, 0.4) is 0 Å². The largest absolute Gasteiger partial charge is 0.279 e. The van der Waals surface area contributed by atoms with Gasteiger partial charge in [0.25, 0.3) is 10.0 Å². The maximum Gasteiger partial charge on any atom is 0.263 e. The molecule has 2 rings (SSSR count). The second-order valence-electron chi connectivity index (χ2n) is 4.32. The molecule has 2 aromatic carbocycles. The van der Waals surface area contributed by atoms with Gasteiger partial charge < -0.3 is 0 Å². The molecule has 0 unspecified atom stereocenters. The van der Waals surface area contributed by atoms with Gasteiger partial charge >= 0.3 is 0 Å². The number of hydrogen-bond acceptors (Lipinski definition) is 3. The van der Waals surface area contributed by atoms with Gasteiger partial charge in [0.05, 0.1) is 22.3 Å². The Kier molecular flexibility index (Phi) is 4.16. The zero-order valence-electron chi connectivity index (χ0n) is 10.9. The summed E-state index contributed by atoms with van der Waals surface area (Å²) in [5, 5.41) is 8.67. The Bertz CT molecular complexity index is 845. The summed E-state index contributed by atoms with van der Waals surface area (Å²) >= 11 is 5.89. The molecule has 0 amide bonds. The van der Waals surface area contributed by atoms with Crippen molar-refractivity contribution in [2.75, 3.05) is 4.72 Å². The van der Waals surface area contributed by atoms with Gasteiger partial charge in [0, 0.05) is 0 Å². The highest BCUT2D eigenvalue weighted by atomic mass is 35.5. The summed E-state index contributed by atoms with van der Waals surface area (Å²) in [6, 6.07) is 9.49. The number of aryl methyl sites for hydroxylation is 1. The smallest absolute Gasteiger partial charge is 0.263 e. The van der Waals surface area contributed by atoms with Crippen LogP contribution in [0.1, 0.15) is 11.1 Å². The van der Waals surface area contributed by atoms with E-state index in [4.69, 9.17) is 16.9 Å². The van der Waals surface area contributed by atoms with Gasteiger partial charge in [-0.3, -0.25) is 4.72 Å². The van der Waals surface area contributed by atoms with Crippen LogP contribution in [0.15, 0.2) is 41.3 Å². The molecule has 0 aliphatic rings. The van der Waals surface area contributed by atoms with E-state index in [9.17, 15) is 12.8 Å². The molecule has 2 aromatic rings. The van der Waals surface area contributed by atoms with Crippen molar-refractivity contribution in [1.82, 2.24) is 0 Å². The number of nitrogens with one attached hydrogen (secondary N) is 1. The highest BCUT2D eigenvalue weighted by molar-refractivity contribution is 7.92. The van der Waals surface area contributed by atoms with Crippen LogP contribution in [0.5, 0.6) is 0 Å². The fourth-order valence-corrected chi connectivity index (χ4v) is 3.36. The molecule has 0 saturated carbocycles. The lowest BCUT2D eigenvalue weighted by Crippen LogP contribution is -2.14. The van der Waals surface area contributed by atoms with Gasteiger partial charge in [-0.25, -0.2) is 12.8 Å². The fourth-order valence-electron chi connectivity index (χ4n) is 1.69. The highest BCUT2D eigenvalue weighted by Crippen LogP contribution is 2.26. The van der Waals surface area contributed by atoms with Crippen LogP contribution in [0.4, 0.5) is 10.1 Å². The van der Waals surface area contributed by atoms with Gasteiger partial charge in [-0.15, -0.1) is 0 Å². The Morgan fingerprint density at radius 3 is 2.57 bits per heavy atom. The molecule has 0 radical (unpaired) electrons. The minimum absolute atomic E-state index is 0.0735. The Hall–Kier alpha value is -2.10. The summed E-state index contributed by atoms with van der Waals surface area (Å²) in [5.41, 5.74) is 0.959. The summed E-state index contributed by atoms with van der Waals surface area (Å²) in [6.07, 6.45) is 0. The van der Waals surface area contributed by atoms with E-state index in [1.165, 1.54) is 30.3 Å². The zero-order valence-corrected chi connectivity index (χ0v) is 12.5. The maximum absolute atomic E-state index is 13.2. The average Bonchev–Trinajstić information content (AvgIpc) is 2.42. The monoisotopic (exact) mass is 324 g/mol. The van der Waals surface area contributed by atoms with Crippen LogP contribution in [0.2, 0.25) is 5.02 Å². The first-order valence-electron chi connectivity index (χ1n) is 5.82. The molecule has 0 fully saturated rings. The molecular weight excluding hydrogens is 315 g/mol. The maximum atomic E-state index is 13.2. The van der Waals surface area contributed by atoms with Crippen LogP contribution in [0.25, 0.3) is 0 Å². The molecule has 0 aliphatic carbocycles. The van der Waals surface area contributed by atoms with E-state index in [0.717, 1.165) is 6.07 Å². The van der Waals surface area contributed by atoms with Crippen LogP contribution in [0, 0.1) is 24.1 Å². The Morgan fingerprint density at radius 1 is 1.24 bits per heavy atom. The van der Waals surface area contributed by atoms with Gasteiger partial charge in [0.1, 0.15) is 10.7 Å². The molecule has 0 saturated heterocycles. The third-order valence-electron chi connectivity index (χ3n) is 2.79. The molecule has 0 bridgehead atoms. The molecule has 4 nitrogen and oxygen atoms in total. The first-order chi connectivity index (χ1) is 9.83. The second-order valence-corrected chi connectivity index (χ2v) is 6.38. The molecule has 0 aliphatic heterocycles. The fraction of sp³-hybridized carbons (Fsp3) is 0.0714. The van der Waals surface area contributed by atoms with Crippen molar-refractivity contribution in [3.05, 3.63) is 58.4 Å². The van der Waals surface area contributed by atoms with Gasteiger partial charge in [-0.2, -0.15) is 5.26 Å². The molecule has 108 valence electrons. The molecular formula is C14H10ClFN2O2S. The summed E-state index contributed by atoms with van der Waals surface area (Å²) in [4.78, 5) is -0.174. The molecule has 21 heavy (non-hydrogen) atoms. The van der Waals surface area contributed by atoms with Crippen molar-refractivity contribution in [2.24, 2.45) is 0 Å². The predicted octanol–water partition coefficient (Wildman–Crippen LogP) is 3.46. The predicted molar refractivity (Wildman–Crippen MR) is 78.1 cm³/mol. The van der Waals surface area contributed by atoms with Gasteiger partial charge in [0.15, 0.2) is 0 Å². The number of sulfonamides is 1. The van der Waals surface area contributed by atoms with Crippen molar-refractivity contribution >= 4 is 27.3 Å². The van der Waals surface area contributed by atoms with Crippen molar-refractivity contribution in [2.45, 2.75) is 11.8 Å². The normalized spacial score (nSPS) is 11.0. The van der Waals surface area contributed by atoms with E-state index in [-0.39, 0.29) is 21.2 Å². The molecule has 1 N–H and O–H groups in total. The van der Waals surface area contributed by atoms with Crippen LogP contribution >= 0.6 is 11.6 Å². The SMILES string of the molecule is Cc1ccc(F)cc1NS(=O)(=O)c1ccc(C#N)cc1Cl. The topological polar surface area (TPSA) is 70.0 Å². The number of rotatable bonds is 3. The van der Waals surface area contributed by atoms with Crippen molar-refractivity contribution in [3.63, 3.8) is 0 Å². The minimum Gasteiger partial charge on any atom is -0.279 e. The summed E-state index contributed by atoms with van der Waals surface area (Å²) < 4.78 is 40.1. The minimum atomic E-state index is -3.97. The lowest BCUT2D eigenvalue weighted by Gasteiger charge is -2.11. The molecule has 7 heteroatoms. The lowest BCUT2D eigenvalue weighted by molar-refractivity contribution is 0.601.